The van der Waals surface area contributed by atoms with Gasteiger partial charge >= 0.3 is 0 Å². The number of likely N-dealkylation sites (N-methyl/N-ethyl adjacent to an activating group) is 2. The van der Waals surface area contributed by atoms with Crippen molar-refractivity contribution in [1.29, 1.82) is 0 Å². The molecule has 1 N–H and O–H groups in total. The minimum absolute atomic E-state index is 0.0256. The van der Waals surface area contributed by atoms with Crippen molar-refractivity contribution >= 4 is 23.3 Å². The van der Waals surface area contributed by atoms with E-state index in [9.17, 15) is 4.79 Å². The number of pyridine rings is 1. The Bertz CT molecular complexity index is 494. The van der Waals surface area contributed by atoms with Crippen LogP contribution in [0.3, 0.4) is 0 Å². The number of nitrogens with zero attached hydrogens (tertiary/aromatic N) is 3. The van der Waals surface area contributed by atoms with Crippen LogP contribution in [0, 0.1) is 0 Å². The van der Waals surface area contributed by atoms with Gasteiger partial charge in [0.2, 0.25) is 0 Å². The van der Waals surface area contributed by atoms with Crippen LogP contribution in [0.15, 0.2) is 12.3 Å². The van der Waals surface area contributed by atoms with E-state index < -0.39 is 0 Å². The second-order valence-corrected chi connectivity index (χ2v) is 5.69. The standard InChI is InChI=1S/C14H21ClN4O/c1-16-13-12(15)7-10(8-17-13)14(20)19(3)11-5-4-6-18(2)9-11/h7-8,11H,4-6,9H2,1-3H3,(H,16,17). The first kappa shape index (κ1) is 15.1. The number of likely N-dealkylation sites (tertiary alicyclic amines) is 1. The third-order valence-corrected chi connectivity index (χ3v) is 4.08. The molecule has 0 aliphatic carbocycles. The first-order valence-electron chi connectivity index (χ1n) is 6.82. The Morgan fingerprint density at radius 1 is 1.60 bits per heavy atom. The number of hydrogen-bond acceptors (Lipinski definition) is 4. The fraction of sp³-hybridized carbons (Fsp3) is 0.571. The molecule has 1 fully saturated rings. The highest BCUT2D eigenvalue weighted by atomic mass is 35.5. The zero-order valence-corrected chi connectivity index (χ0v) is 12.9. The monoisotopic (exact) mass is 296 g/mol. The molecule has 0 aromatic carbocycles. The van der Waals surface area contributed by atoms with Gasteiger partial charge < -0.3 is 15.1 Å². The predicted octanol–water partition coefficient (Wildman–Crippen LogP) is 1.94. The topological polar surface area (TPSA) is 48.5 Å². The van der Waals surface area contributed by atoms with Gasteiger partial charge in [0.05, 0.1) is 10.6 Å². The molecule has 0 saturated carbocycles. The quantitative estimate of drug-likeness (QED) is 0.926. The van der Waals surface area contributed by atoms with Gasteiger partial charge in [-0.2, -0.15) is 0 Å². The number of rotatable bonds is 3. The van der Waals surface area contributed by atoms with Crippen LogP contribution < -0.4 is 5.32 Å². The van der Waals surface area contributed by atoms with Gasteiger partial charge in [0.15, 0.2) is 0 Å². The van der Waals surface area contributed by atoms with Gasteiger partial charge in [-0.3, -0.25) is 4.79 Å². The number of piperidine rings is 1. The van der Waals surface area contributed by atoms with Gasteiger partial charge in [0.1, 0.15) is 5.82 Å². The molecule has 2 rings (SSSR count). The van der Waals surface area contributed by atoms with Crippen molar-refractivity contribution in [2.24, 2.45) is 0 Å². The minimum Gasteiger partial charge on any atom is -0.372 e. The zero-order chi connectivity index (χ0) is 14.7. The number of halogens is 1. The highest BCUT2D eigenvalue weighted by molar-refractivity contribution is 6.33. The molecule has 0 bridgehead atoms. The van der Waals surface area contributed by atoms with Gasteiger partial charge in [-0.1, -0.05) is 11.6 Å². The van der Waals surface area contributed by atoms with E-state index in [0.29, 0.717) is 16.4 Å². The van der Waals surface area contributed by atoms with Gasteiger partial charge in [0, 0.05) is 32.9 Å². The Morgan fingerprint density at radius 3 is 2.95 bits per heavy atom. The largest absolute Gasteiger partial charge is 0.372 e. The van der Waals surface area contributed by atoms with E-state index in [1.807, 2.05) is 11.9 Å². The molecule has 1 amide bonds. The number of carbonyl (C=O) groups is 1. The highest BCUT2D eigenvalue weighted by Crippen LogP contribution is 2.21. The van der Waals surface area contributed by atoms with Gasteiger partial charge in [0.25, 0.3) is 5.91 Å². The summed E-state index contributed by atoms with van der Waals surface area (Å²) in [6, 6.07) is 1.93. The molecule has 110 valence electrons. The lowest BCUT2D eigenvalue weighted by Crippen LogP contribution is -2.47. The lowest BCUT2D eigenvalue weighted by Gasteiger charge is -2.35. The van der Waals surface area contributed by atoms with Crippen molar-refractivity contribution in [2.45, 2.75) is 18.9 Å². The molecular weight excluding hydrogens is 276 g/mol. The molecule has 1 aromatic rings. The van der Waals surface area contributed by atoms with Crippen molar-refractivity contribution in [3.8, 4) is 0 Å². The highest BCUT2D eigenvalue weighted by Gasteiger charge is 2.25. The zero-order valence-electron chi connectivity index (χ0n) is 12.2. The average molecular weight is 297 g/mol. The van der Waals surface area contributed by atoms with Crippen LogP contribution in [0.1, 0.15) is 23.2 Å². The molecule has 5 nitrogen and oxygen atoms in total. The van der Waals surface area contributed by atoms with Crippen molar-refractivity contribution in [2.75, 3.05) is 39.5 Å². The van der Waals surface area contributed by atoms with E-state index in [-0.39, 0.29) is 11.9 Å². The maximum atomic E-state index is 12.5. The first-order chi connectivity index (χ1) is 9.52. The Labute approximate surface area is 124 Å². The number of amides is 1. The van der Waals surface area contributed by atoms with Crippen LogP contribution in [0.4, 0.5) is 5.82 Å². The lowest BCUT2D eigenvalue weighted by molar-refractivity contribution is 0.0643. The minimum atomic E-state index is -0.0256. The van der Waals surface area contributed by atoms with E-state index in [4.69, 9.17) is 11.6 Å². The molecule has 1 unspecified atom stereocenters. The molecule has 0 radical (unpaired) electrons. The van der Waals surface area contributed by atoms with E-state index in [2.05, 4.69) is 22.2 Å². The SMILES string of the molecule is CNc1ncc(C(=O)N(C)C2CCCN(C)C2)cc1Cl. The molecule has 1 aromatic heterocycles. The second kappa shape index (κ2) is 6.41. The summed E-state index contributed by atoms with van der Waals surface area (Å²) in [6.45, 7) is 2.01. The second-order valence-electron chi connectivity index (χ2n) is 5.28. The Morgan fingerprint density at radius 2 is 2.35 bits per heavy atom. The molecule has 6 heteroatoms. The number of carbonyl (C=O) groups excluding carboxylic acids is 1. The first-order valence-corrected chi connectivity index (χ1v) is 7.19. The fourth-order valence-electron chi connectivity index (χ4n) is 2.56. The summed E-state index contributed by atoms with van der Waals surface area (Å²) in [6.07, 6.45) is 3.74. The normalized spacial score (nSPS) is 19.7. The van der Waals surface area contributed by atoms with Gasteiger partial charge in [-0.15, -0.1) is 0 Å². The summed E-state index contributed by atoms with van der Waals surface area (Å²) in [7, 11) is 5.69. The summed E-state index contributed by atoms with van der Waals surface area (Å²) in [5.74, 6) is 0.561. The van der Waals surface area contributed by atoms with E-state index >= 15 is 0 Å². The van der Waals surface area contributed by atoms with Gasteiger partial charge in [-0.05, 0) is 32.5 Å². The van der Waals surface area contributed by atoms with Crippen molar-refractivity contribution in [3.05, 3.63) is 22.8 Å². The summed E-state index contributed by atoms with van der Waals surface area (Å²) in [5, 5.41) is 3.35. The molecular formula is C14H21ClN4O. The van der Waals surface area contributed by atoms with Crippen LogP contribution in [0.25, 0.3) is 0 Å². The summed E-state index contributed by atoms with van der Waals surface area (Å²) >= 11 is 6.08. The van der Waals surface area contributed by atoms with Crippen LogP contribution in [0.2, 0.25) is 5.02 Å². The molecule has 20 heavy (non-hydrogen) atoms. The third kappa shape index (κ3) is 3.22. The third-order valence-electron chi connectivity index (χ3n) is 3.79. The van der Waals surface area contributed by atoms with Crippen LogP contribution in [-0.2, 0) is 0 Å². The fourth-order valence-corrected chi connectivity index (χ4v) is 2.82. The maximum Gasteiger partial charge on any atom is 0.255 e. The predicted molar refractivity (Wildman–Crippen MR) is 81.4 cm³/mol. The van der Waals surface area contributed by atoms with Gasteiger partial charge in [-0.25, -0.2) is 4.98 Å². The van der Waals surface area contributed by atoms with E-state index in [1.54, 1.807) is 19.3 Å². The van der Waals surface area contributed by atoms with Crippen molar-refractivity contribution in [3.63, 3.8) is 0 Å². The molecule has 1 aliphatic rings. The summed E-state index contributed by atoms with van der Waals surface area (Å²) in [5.41, 5.74) is 0.532. The van der Waals surface area contributed by atoms with Crippen LogP contribution in [0.5, 0.6) is 0 Å². The number of hydrogen-bond donors (Lipinski definition) is 1. The van der Waals surface area contributed by atoms with Crippen LogP contribution >= 0.6 is 11.6 Å². The summed E-state index contributed by atoms with van der Waals surface area (Å²) < 4.78 is 0. The van der Waals surface area contributed by atoms with Crippen molar-refractivity contribution in [1.82, 2.24) is 14.8 Å². The molecule has 1 atom stereocenters. The number of aromatic nitrogens is 1. The molecule has 1 aliphatic heterocycles. The van der Waals surface area contributed by atoms with E-state index in [1.165, 1.54) is 0 Å². The molecule has 0 spiro atoms. The summed E-state index contributed by atoms with van der Waals surface area (Å²) in [4.78, 5) is 20.7. The average Bonchev–Trinajstić information content (AvgIpc) is 2.45. The van der Waals surface area contributed by atoms with E-state index in [0.717, 1.165) is 25.9 Å². The lowest BCUT2D eigenvalue weighted by atomic mass is 10.0. The van der Waals surface area contributed by atoms with Crippen LogP contribution in [-0.4, -0.2) is 61.0 Å². The molecule has 1 saturated heterocycles. The number of nitrogens with one attached hydrogen (secondary N) is 1. The molecule has 2 heterocycles. The smallest absolute Gasteiger partial charge is 0.255 e. The Balaban J connectivity index is 2.11. The Hall–Kier alpha value is -1.33. The van der Waals surface area contributed by atoms with Crippen molar-refractivity contribution < 1.29 is 4.79 Å². The number of anilines is 1. The Kier molecular flexibility index (Phi) is 4.83. The maximum absolute atomic E-state index is 12.5.